The maximum atomic E-state index is 13.7. The van der Waals surface area contributed by atoms with Crippen LogP contribution in [0.15, 0.2) is 67.0 Å². The minimum atomic E-state index is -0.483. The smallest absolute Gasteiger partial charge is 0.407 e. The number of hydrogen-bond donors (Lipinski definition) is 2. The Labute approximate surface area is 247 Å². The van der Waals surface area contributed by atoms with E-state index in [0.717, 1.165) is 17.7 Å². The Morgan fingerprint density at radius 1 is 1.02 bits per heavy atom. The van der Waals surface area contributed by atoms with Gasteiger partial charge in [0.1, 0.15) is 6.10 Å². The minimum absolute atomic E-state index is 0.0581. The van der Waals surface area contributed by atoms with Gasteiger partial charge in [0.25, 0.3) is 5.91 Å². The molecule has 0 unspecified atom stereocenters. The van der Waals surface area contributed by atoms with Crippen molar-refractivity contribution in [2.75, 3.05) is 47.1 Å². The lowest BCUT2D eigenvalue weighted by Gasteiger charge is -2.31. The van der Waals surface area contributed by atoms with Gasteiger partial charge in [-0.25, -0.2) is 4.79 Å². The van der Waals surface area contributed by atoms with Crippen molar-refractivity contribution in [1.82, 2.24) is 20.1 Å². The summed E-state index contributed by atoms with van der Waals surface area (Å²) in [5, 5.41) is 6.22. The number of methoxy groups -OCH3 is 2. The predicted octanol–water partition coefficient (Wildman–Crippen LogP) is 4.27. The fourth-order valence-corrected chi connectivity index (χ4v) is 5.04. The average Bonchev–Trinajstić information content (AvgIpc) is 3.69. The summed E-state index contributed by atoms with van der Waals surface area (Å²) in [5.41, 5.74) is 2.48. The van der Waals surface area contributed by atoms with E-state index < -0.39 is 6.09 Å². The van der Waals surface area contributed by atoms with Gasteiger partial charge in [-0.2, -0.15) is 0 Å². The average molecular weight is 579 g/mol. The van der Waals surface area contributed by atoms with Gasteiger partial charge in [-0.3, -0.25) is 4.79 Å². The van der Waals surface area contributed by atoms with Crippen LogP contribution < -0.4 is 20.1 Å². The first kappa shape index (κ1) is 30.9. The van der Waals surface area contributed by atoms with Gasteiger partial charge in [-0.1, -0.05) is 18.2 Å². The van der Waals surface area contributed by atoms with E-state index in [1.165, 1.54) is 0 Å². The molecule has 3 aromatic rings. The molecular formula is C32H42N4O6. The summed E-state index contributed by atoms with van der Waals surface area (Å²) in [4.78, 5) is 28.3. The molecule has 0 bridgehead atoms. The monoisotopic (exact) mass is 578 g/mol. The van der Waals surface area contributed by atoms with Crippen molar-refractivity contribution in [2.24, 2.45) is 5.92 Å². The third-order valence-corrected chi connectivity index (χ3v) is 7.31. The lowest BCUT2D eigenvalue weighted by molar-refractivity contribution is 0.0521. The Hall–Kier alpha value is -4.02. The zero-order valence-corrected chi connectivity index (χ0v) is 24.9. The third-order valence-electron chi connectivity index (χ3n) is 7.31. The standard InChI is InChI=1S/C32H42N4O6/c1-23(2)36(31(37)24-12-13-28(40-4)29(18-24)41-17-9-16-39-3)22-26-19-33-21-30(26)42-32(38)34-20-25-10-5-6-11-27(25)35-14-7-8-15-35/h5-8,10-15,18,23,26,30,33H,9,16-17,19-22H2,1-4H3,(H,34,38)/t26-,30+/m0/s1. The van der Waals surface area contributed by atoms with Crippen LogP contribution in [-0.4, -0.2) is 80.7 Å². The number of carbonyl (C=O) groups is 2. The Morgan fingerprint density at radius 3 is 2.55 bits per heavy atom. The molecule has 1 aliphatic heterocycles. The van der Waals surface area contributed by atoms with E-state index in [1.807, 2.05) is 72.1 Å². The molecule has 2 aromatic carbocycles. The largest absolute Gasteiger partial charge is 0.493 e. The lowest BCUT2D eigenvalue weighted by atomic mass is 10.0. The van der Waals surface area contributed by atoms with Gasteiger partial charge in [0.15, 0.2) is 11.5 Å². The molecule has 226 valence electrons. The van der Waals surface area contributed by atoms with Crippen LogP contribution in [0, 0.1) is 5.92 Å². The number of nitrogens with one attached hydrogen (secondary N) is 2. The lowest BCUT2D eigenvalue weighted by Crippen LogP contribution is -2.44. The quantitative estimate of drug-likeness (QED) is 0.276. The Morgan fingerprint density at radius 2 is 1.81 bits per heavy atom. The highest BCUT2D eigenvalue weighted by Gasteiger charge is 2.34. The minimum Gasteiger partial charge on any atom is -0.493 e. The molecule has 1 fully saturated rings. The SMILES string of the molecule is COCCCOc1cc(C(=O)N(C[C@@H]2CNC[C@H]2OC(=O)NCc2ccccc2-n2cccc2)C(C)C)ccc1OC. The van der Waals surface area contributed by atoms with Gasteiger partial charge in [-0.05, 0) is 55.8 Å². The van der Waals surface area contributed by atoms with Crippen LogP contribution in [0.1, 0.15) is 36.2 Å². The number of aromatic nitrogens is 1. The molecule has 2 atom stereocenters. The summed E-state index contributed by atoms with van der Waals surface area (Å²) in [6, 6.07) is 17.0. The van der Waals surface area contributed by atoms with E-state index in [1.54, 1.807) is 32.4 Å². The van der Waals surface area contributed by atoms with Crippen LogP contribution in [-0.2, 0) is 16.0 Å². The van der Waals surface area contributed by atoms with E-state index in [-0.39, 0.29) is 24.0 Å². The third kappa shape index (κ3) is 8.04. The number of hydrogen-bond acceptors (Lipinski definition) is 7. The van der Waals surface area contributed by atoms with E-state index in [9.17, 15) is 9.59 Å². The molecule has 0 aliphatic carbocycles. The zero-order valence-electron chi connectivity index (χ0n) is 24.9. The molecule has 1 aromatic heterocycles. The van der Waals surface area contributed by atoms with Gasteiger partial charge in [0.05, 0.1) is 13.7 Å². The van der Waals surface area contributed by atoms with Crippen LogP contribution in [0.5, 0.6) is 11.5 Å². The summed E-state index contributed by atoms with van der Waals surface area (Å²) >= 11 is 0. The highest BCUT2D eigenvalue weighted by molar-refractivity contribution is 5.95. The van der Waals surface area contributed by atoms with Gasteiger partial charge >= 0.3 is 6.09 Å². The van der Waals surface area contributed by atoms with Crippen molar-refractivity contribution in [1.29, 1.82) is 0 Å². The summed E-state index contributed by atoms with van der Waals surface area (Å²) in [7, 11) is 3.22. The first-order valence-electron chi connectivity index (χ1n) is 14.4. The molecule has 2 heterocycles. The van der Waals surface area contributed by atoms with Gasteiger partial charge in [-0.15, -0.1) is 0 Å². The topological polar surface area (TPSA) is 103 Å². The normalized spacial score (nSPS) is 16.3. The van der Waals surface area contributed by atoms with Crippen molar-refractivity contribution < 1.29 is 28.5 Å². The van der Waals surface area contributed by atoms with Crippen LogP contribution >= 0.6 is 0 Å². The Kier molecular flexibility index (Phi) is 11.2. The number of alkyl carbamates (subject to hydrolysis) is 1. The second-order valence-corrected chi connectivity index (χ2v) is 10.5. The van der Waals surface area contributed by atoms with Gasteiger partial charge < -0.3 is 39.0 Å². The predicted molar refractivity (Wildman–Crippen MR) is 160 cm³/mol. The molecule has 0 radical (unpaired) electrons. The molecule has 0 saturated carbocycles. The highest BCUT2D eigenvalue weighted by atomic mass is 16.6. The molecular weight excluding hydrogens is 536 g/mol. The van der Waals surface area contributed by atoms with Crippen LogP contribution in [0.2, 0.25) is 0 Å². The molecule has 2 N–H and O–H groups in total. The Balaban J connectivity index is 1.37. The number of ether oxygens (including phenoxy) is 4. The van der Waals surface area contributed by atoms with E-state index in [2.05, 4.69) is 10.6 Å². The van der Waals surface area contributed by atoms with Crippen molar-refractivity contribution in [2.45, 2.75) is 39.0 Å². The zero-order chi connectivity index (χ0) is 29.9. The fraction of sp³-hybridized carbons (Fsp3) is 0.438. The Bertz CT molecular complexity index is 1300. The fourth-order valence-electron chi connectivity index (χ4n) is 5.04. The molecule has 2 amide bonds. The molecule has 10 nitrogen and oxygen atoms in total. The number of para-hydroxylation sites is 1. The van der Waals surface area contributed by atoms with Crippen molar-refractivity contribution in [3.8, 4) is 17.2 Å². The summed E-state index contributed by atoms with van der Waals surface area (Å²) in [6.07, 6.45) is 3.81. The summed E-state index contributed by atoms with van der Waals surface area (Å²) in [6.45, 7) is 6.94. The maximum Gasteiger partial charge on any atom is 0.407 e. The van der Waals surface area contributed by atoms with Crippen LogP contribution in [0.3, 0.4) is 0 Å². The number of benzene rings is 2. The number of rotatable bonds is 14. The second-order valence-electron chi connectivity index (χ2n) is 10.5. The van der Waals surface area contributed by atoms with E-state index in [0.29, 0.717) is 56.5 Å². The number of carbonyl (C=O) groups excluding carboxylic acids is 2. The van der Waals surface area contributed by atoms with Crippen LogP contribution in [0.25, 0.3) is 5.69 Å². The first-order valence-corrected chi connectivity index (χ1v) is 14.4. The van der Waals surface area contributed by atoms with Gasteiger partial charge in [0.2, 0.25) is 0 Å². The maximum absolute atomic E-state index is 13.7. The number of nitrogens with zero attached hydrogens (tertiary/aromatic N) is 2. The number of amides is 2. The van der Waals surface area contributed by atoms with Crippen molar-refractivity contribution in [3.63, 3.8) is 0 Å². The molecule has 10 heteroatoms. The molecule has 1 aliphatic rings. The highest BCUT2D eigenvalue weighted by Crippen LogP contribution is 2.29. The van der Waals surface area contributed by atoms with Gasteiger partial charge in [0, 0.05) is 81.9 Å². The van der Waals surface area contributed by atoms with E-state index in [4.69, 9.17) is 18.9 Å². The van der Waals surface area contributed by atoms with E-state index >= 15 is 0 Å². The van der Waals surface area contributed by atoms with Crippen molar-refractivity contribution >= 4 is 12.0 Å². The summed E-state index contributed by atoms with van der Waals surface area (Å²) < 4.78 is 24.3. The van der Waals surface area contributed by atoms with Crippen molar-refractivity contribution in [3.05, 3.63) is 78.1 Å². The van der Waals surface area contributed by atoms with Crippen LogP contribution in [0.4, 0.5) is 4.79 Å². The molecule has 4 rings (SSSR count). The second kappa shape index (κ2) is 15.3. The first-order chi connectivity index (χ1) is 20.4. The molecule has 1 saturated heterocycles. The summed E-state index contributed by atoms with van der Waals surface area (Å²) in [5.74, 6) is 0.904. The molecule has 42 heavy (non-hydrogen) atoms. The molecule has 0 spiro atoms.